The summed E-state index contributed by atoms with van der Waals surface area (Å²) in [5, 5.41) is 23.7. The second kappa shape index (κ2) is 5.96. The number of ketones is 1. The van der Waals surface area contributed by atoms with E-state index in [0.29, 0.717) is 5.56 Å². The Hall–Kier alpha value is -3.48. The predicted octanol–water partition coefficient (Wildman–Crippen LogP) is 2.30. The standard InChI is InChI=1S/C17H12N2O5/c20-15(11-6-8-12(9-7-11)19(23)24)13-14(18-17(22)16(13)21)10-4-2-1-3-5-10/h1-9,14,20H,(H,18,22)/t14-/m1/s1. The zero-order valence-electron chi connectivity index (χ0n) is 12.3. The maximum atomic E-state index is 12.1. The minimum Gasteiger partial charge on any atom is -0.507 e. The van der Waals surface area contributed by atoms with Crippen LogP contribution in [0.5, 0.6) is 0 Å². The fourth-order valence-electron chi connectivity index (χ4n) is 2.56. The van der Waals surface area contributed by atoms with Crippen LogP contribution in [0, 0.1) is 10.1 Å². The predicted molar refractivity (Wildman–Crippen MR) is 85.0 cm³/mol. The molecule has 1 amide bonds. The number of hydrogen-bond acceptors (Lipinski definition) is 5. The van der Waals surface area contributed by atoms with E-state index in [4.69, 9.17) is 0 Å². The van der Waals surface area contributed by atoms with E-state index in [1.807, 2.05) is 0 Å². The van der Waals surface area contributed by atoms with Crippen LogP contribution in [-0.2, 0) is 9.59 Å². The van der Waals surface area contributed by atoms with Gasteiger partial charge in [-0.05, 0) is 17.7 Å². The number of nitro groups is 1. The lowest BCUT2D eigenvalue weighted by Crippen LogP contribution is -2.21. The number of nitrogens with zero attached hydrogens (tertiary/aromatic N) is 1. The summed E-state index contributed by atoms with van der Waals surface area (Å²) in [4.78, 5) is 34.0. The van der Waals surface area contributed by atoms with Crippen LogP contribution >= 0.6 is 0 Å². The second-order valence-corrected chi connectivity index (χ2v) is 5.21. The van der Waals surface area contributed by atoms with Crippen molar-refractivity contribution in [2.24, 2.45) is 0 Å². The van der Waals surface area contributed by atoms with E-state index in [-0.39, 0.29) is 22.6 Å². The van der Waals surface area contributed by atoms with Crippen LogP contribution in [0.2, 0.25) is 0 Å². The molecule has 1 heterocycles. The number of Topliss-reactive ketones (excluding diaryl/α,β-unsaturated/α-hetero) is 1. The van der Waals surface area contributed by atoms with E-state index in [0.717, 1.165) is 0 Å². The van der Waals surface area contributed by atoms with Crippen molar-refractivity contribution in [2.45, 2.75) is 6.04 Å². The Kier molecular flexibility index (Phi) is 3.83. The number of benzene rings is 2. The van der Waals surface area contributed by atoms with Gasteiger partial charge in [-0.2, -0.15) is 0 Å². The Bertz CT molecular complexity index is 856. The van der Waals surface area contributed by atoms with Crippen molar-refractivity contribution >= 4 is 23.1 Å². The van der Waals surface area contributed by atoms with Crippen LogP contribution in [0.1, 0.15) is 17.2 Å². The number of hydrogen-bond donors (Lipinski definition) is 2. The SMILES string of the molecule is O=C1N[C@H](c2ccccc2)C(=C(O)c2ccc([N+](=O)[O-])cc2)C1=O. The lowest BCUT2D eigenvalue weighted by molar-refractivity contribution is -0.384. The molecule has 3 rings (SSSR count). The van der Waals surface area contributed by atoms with Crippen molar-refractivity contribution in [3.8, 4) is 0 Å². The van der Waals surface area contributed by atoms with Crippen molar-refractivity contribution < 1.29 is 19.6 Å². The summed E-state index contributed by atoms with van der Waals surface area (Å²) >= 11 is 0. The summed E-state index contributed by atoms with van der Waals surface area (Å²) in [6.07, 6.45) is 0. The Morgan fingerprint density at radius 2 is 1.67 bits per heavy atom. The molecular formula is C17H12N2O5. The van der Waals surface area contributed by atoms with E-state index in [2.05, 4.69) is 5.32 Å². The number of nitro benzene ring substituents is 1. The highest BCUT2D eigenvalue weighted by Crippen LogP contribution is 2.33. The number of carbonyl (C=O) groups excluding carboxylic acids is 2. The summed E-state index contributed by atoms with van der Waals surface area (Å²) in [5.41, 5.74) is 0.671. The number of non-ortho nitro benzene ring substituents is 1. The first-order chi connectivity index (χ1) is 11.5. The van der Waals surface area contributed by atoms with Gasteiger partial charge in [0.25, 0.3) is 17.4 Å². The second-order valence-electron chi connectivity index (χ2n) is 5.21. The third-order valence-corrected chi connectivity index (χ3v) is 3.75. The van der Waals surface area contributed by atoms with Gasteiger partial charge >= 0.3 is 0 Å². The fraction of sp³-hybridized carbons (Fsp3) is 0.0588. The van der Waals surface area contributed by atoms with Crippen molar-refractivity contribution in [3.05, 3.63) is 81.4 Å². The molecule has 0 saturated carbocycles. The van der Waals surface area contributed by atoms with Crippen LogP contribution in [-0.4, -0.2) is 21.7 Å². The third kappa shape index (κ3) is 2.63. The van der Waals surface area contributed by atoms with Gasteiger partial charge in [-0.25, -0.2) is 0 Å². The molecule has 1 atom stereocenters. The number of aliphatic hydroxyl groups is 1. The van der Waals surface area contributed by atoms with Crippen molar-refractivity contribution in [1.29, 1.82) is 0 Å². The van der Waals surface area contributed by atoms with Crippen molar-refractivity contribution in [2.75, 3.05) is 0 Å². The molecule has 2 aromatic rings. The van der Waals surface area contributed by atoms with Crippen LogP contribution < -0.4 is 5.32 Å². The lowest BCUT2D eigenvalue weighted by atomic mass is 9.96. The van der Waals surface area contributed by atoms with Gasteiger partial charge in [0, 0.05) is 17.7 Å². The Balaban J connectivity index is 2.08. The monoisotopic (exact) mass is 324 g/mol. The fourth-order valence-corrected chi connectivity index (χ4v) is 2.56. The Morgan fingerprint density at radius 1 is 1.04 bits per heavy atom. The van der Waals surface area contributed by atoms with Crippen molar-refractivity contribution in [1.82, 2.24) is 5.32 Å². The first-order valence-corrected chi connectivity index (χ1v) is 7.07. The average molecular weight is 324 g/mol. The van der Waals surface area contributed by atoms with Gasteiger partial charge in [-0.15, -0.1) is 0 Å². The molecule has 2 aromatic carbocycles. The summed E-state index contributed by atoms with van der Waals surface area (Å²) in [6.45, 7) is 0. The molecule has 120 valence electrons. The van der Waals surface area contributed by atoms with E-state index < -0.39 is 22.7 Å². The molecule has 1 aliphatic heterocycles. The van der Waals surface area contributed by atoms with Crippen LogP contribution in [0.15, 0.2) is 60.2 Å². The van der Waals surface area contributed by atoms with Gasteiger partial charge in [0.2, 0.25) is 0 Å². The molecule has 2 N–H and O–H groups in total. The van der Waals surface area contributed by atoms with E-state index in [9.17, 15) is 24.8 Å². The topological polar surface area (TPSA) is 110 Å². The van der Waals surface area contributed by atoms with Gasteiger partial charge < -0.3 is 10.4 Å². The molecule has 0 aliphatic carbocycles. The van der Waals surface area contributed by atoms with Crippen LogP contribution in [0.4, 0.5) is 5.69 Å². The number of aliphatic hydroxyl groups excluding tert-OH is 1. The van der Waals surface area contributed by atoms with Crippen molar-refractivity contribution in [3.63, 3.8) is 0 Å². The molecule has 0 spiro atoms. The molecule has 0 aromatic heterocycles. The van der Waals surface area contributed by atoms with E-state index in [1.54, 1.807) is 30.3 Å². The number of carbonyl (C=O) groups is 2. The molecule has 7 heteroatoms. The van der Waals surface area contributed by atoms with Gasteiger partial charge in [0.1, 0.15) is 5.76 Å². The van der Waals surface area contributed by atoms with Crippen LogP contribution in [0.25, 0.3) is 5.76 Å². The van der Waals surface area contributed by atoms with Gasteiger partial charge in [-0.3, -0.25) is 19.7 Å². The first kappa shape index (κ1) is 15.4. The molecule has 0 unspecified atom stereocenters. The minimum atomic E-state index is -0.820. The number of amides is 1. The zero-order chi connectivity index (χ0) is 17.3. The Labute approximate surface area is 136 Å². The minimum absolute atomic E-state index is 0.0694. The molecule has 7 nitrogen and oxygen atoms in total. The third-order valence-electron chi connectivity index (χ3n) is 3.75. The van der Waals surface area contributed by atoms with Gasteiger partial charge in [0.05, 0.1) is 16.5 Å². The first-order valence-electron chi connectivity index (χ1n) is 7.07. The molecule has 1 aliphatic rings. The number of nitrogens with one attached hydrogen (secondary N) is 1. The van der Waals surface area contributed by atoms with E-state index >= 15 is 0 Å². The normalized spacial score (nSPS) is 19.1. The average Bonchev–Trinajstić information content (AvgIpc) is 2.90. The quantitative estimate of drug-likeness (QED) is 0.296. The molecule has 0 bridgehead atoms. The zero-order valence-corrected chi connectivity index (χ0v) is 12.3. The molecule has 1 fully saturated rings. The van der Waals surface area contributed by atoms with Crippen LogP contribution in [0.3, 0.4) is 0 Å². The highest BCUT2D eigenvalue weighted by molar-refractivity contribution is 6.46. The largest absolute Gasteiger partial charge is 0.507 e. The number of rotatable bonds is 3. The smallest absolute Gasteiger partial charge is 0.293 e. The summed E-state index contributed by atoms with van der Waals surface area (Å²) in [7, 11) is 0. The summed E-state index contributed by atoms with van der Waals surface area (Å²) < 4.78 is 0. The van der Waals surface area contributed by atoms with Gasteiger partial charge in [-0.1, -0.05) is 30.3 Å². The highest BCUT2D eigenvalue weighted by Gasteiger charge is 2.39. The summed E-state index contributed by atoms with van der Waals surface area (Å²) in [5.74, 6) is -1.99. The molecule has 1 saturated heterocycles. The molecular weight excluding hydrogens is 312 g/mol. The molecule has 24 heavy (non-hydrogen) atoms. The summed E-state index contributed by atoms with van der Waals surface area (Å²) in [6, 6.07) is 13.1. The maximum absolute atomic E-state index is 12.1. The lowest BCUT2D eigenvalue weighted by Gasteiger charge is -2.13. The maximum Gasteiger partial charge on any atom is 0.293 e. The highest BCUT2D eigenvalue weighted by atomic mass is 16.6. The molecule has 0 radical (unpaired) electrons. The van der Waals surface area contributed by atoms with E-state index in [1.165, 1.54) is 24.3 Å². The Morgan fingerprint density at radius 3 is 2.25 bits per heavy atom. The van der Waals surface area contributed by atoms with Gasteiger partial charge in [0.15, 0.2) is 0 Å².